The molecule has 1 aromatic heterocycles. The summed E-state index contributed by atoms with van der Waals surface area (Å²) in [5.74, 6) is -0.567. The molecule has 5 nitrogen and oxygen atoms in total. The van der Waals surface area contributed by atoms with E-state index in [9.17, 15) is 18.0 Å². The third-order valence-electron chi connectivity index (χ3n) is 7.04. The predicted molar refractivity (Wildman–Crippen MR) is 108 cm³/mol. The van der Waals surface area contributed by atoms with Crippen LogP contribution >= 0.6 is 0 Å². The first-order valence-corrected chi connectivity index (χ1v) is 10.3. The summed E-state index contributed by atoms with van der Waals surface area (Å²) in [6.45, 7) is 8.10. The highest BCUT2D eigenvalue weighted by molar-refractivity contribution is 5.91. The summed E-state index contributed by atoms with van der Waals surface area (Å²) in [4.78, 5) is 19.8. The lowest BCUT2D eigenvalue weighted by molar-refractivity contribution is -0.155. The van der Waals surface area contributed by atoms with Crippen LogP contribution in [-0.4, -0.2) is 57.4 Å². The maximum atomic E-state index is 13.7. The van der Waals surface area contributed by atoms with Gasteiger partial charge in [-0.25, -0.2) is 0 Å². The summed E-state index contributed by atoms with van der Waals surface area (Å²) in [6.07, 6.45) is 0.633. The van der Waals surface area contributed by atoms with E-state index >= 15 is 0 Å². The number of piperazine rings is 1. The van der Waals surface area contributed by atoms with Gasteiger partial charge in [-0.2, -0.15) is 18.3 Å². The quantitative estimate of drug-likeness (QED) is 0.679. The fourth-order valence-corrected chi connectivity index (χ4v) is 4.99. The Kier molecular flexibility index (Phi) is 4.94. The van der Waals surface area contributed by atoms with Crippen LogP contribution in [0.5, 0.6) is 0 Å². The number of nitrogens with zero attached hydrogens (tertiary/aromatic N) is 4. The van der Waals surface area contributed by atoms with Crippen LogP contribution in [0.3, 0.4) is 0 Å². The Morgan fingerprint density at radius 3 is 2.63 bits per heavy atom. The number of alkyl halides is 3. The molecule has 1 amide bonds. The fourth-order valence-electron chi connectivity index (χ4n) is 4.99. The predicted octanol–water partition coefficient (Wildman–Crippen LogP) is 4.05. The highest BCUT2D eigenvalue weighted by atomic mass is 19.4. The number of carbonyl (C=O) groups excluding carboxylic acids is 1. The van der Waals surface area contributed by atoms with Crippen molar-refractivity contribution in [2.24, 2.45) is 11.0 Å². The minimum Gasteiger partial charge on any atom is -0.333 e. The molecule has 0 spiro atoms. The minimum atomic E-state index is -4.31. The lowest BCUT2D eigenvalue weighted by atomic mass is 9.73. The van der Waals surface area contributed by atoms with Gasteiger partial charge in [0.2, 0.25) is 5.91 Å². The number of rotatable bonds is 2. The molecule has 4 rings (SSSR count). The lowest BCUT2D eigenvalue weighted by Gasteiger charge is -2.53. The molecule has 0 radical (unpaired) electrons. The number of pyridine rings is 1. The van der Waals surface area contributed by atoms with Gasteiger partial charge >= 0.3 is 6.18 Å². The molecule has 0 saturated carbocycles. The van der Waals surface area contributed by atoms with Crippen molar-refractivity contribution in [2.45, 2.75) is 70.3 Å². The van der Waals surface area contributed by atoms with Crippen LogP contribution < -0.4 is 0 Å². The van der Waals surface area contributed by atoms with Crippen molar-refractivity contribution < 1.29 is 18.0 Å². The Morgan fingerprint density at radius 2 is 2.00 bits per heavy atom. The molecule has 162 valence electrons. The average molecular weight is 420 g/mol. The zero-order valence-corrected chi connectivity index (χ0v) is 17.6. The number of aromatic nitrogens is 1. The number of carbonyl (C=O) groups is 1. The average Bonchev–Trinajstić information content (AvgIpc) is 3.12. The third kappa shape index (κ3) is 3.30. The molecule has 4 unspecified atom stereocenters. The molecule has 3 heterocycles. The van der Waals surface area contributed by atoms with Gasteiger partial charge < -0.3 is 4.90 Å². The Morgan fingerprint density at radius 1 is 1.27 bits per heavy atom. The van der Waals surface area contributed by atoms with Crippen molar-refractivity contribution in [1.82, 2.24) is 14.9 Å². The SMILES string of the molecule is Cc1cc(C2C=NN3C2C(=O)N(C2(C)CC=C(C(F)(F)F)CC2C)C[C@@H]3C)ccn1. The summed E-state index contributed by atoms with van der Waals surface area (Å²) in [6, 6.07) is 3.36. The molecule has 1 aliphatic carbocycles. The number of hydrogen-bond acceptors (Lipinski definition) is 4. The van der Waals surface area contributed by atoms with E-state index in [-0.39, 0.29) is 36.6 Å². The number of hydrazone groups is 1. The Bertz CT molecular complexity index is 912. The molecule has 5 atom stereocenters. The van der Waals surface area contributed by atoms with Crippen LogP contribution in [-0.2, 0) is 4.79 Å². The molecule has 0 N–H and O–H groups in total. The molecule has 0 aromatic carbocycles. The van der Waals surface area contributed by atoms with Gasteiger partial charge in [-0.3, -0.25) is 14.8 Å². The van der Waals surface area contributed by atoms with Gasteiger partial charge in [-0.15, -0.1) is 0 Å². The van der Waals surface area contributed by atoms with Crippen LogP contribution in [0.1, 0.15) is 50.8 Å². The summed E-state index contributed by atoms with van der Waals surface area (Å²) < 4.78 is 39.7. The van der Waals surface area contributed by atoms with Gasteiger partial charge in [0.25, 0.3) is 0 Å². The number of aryl methyl sites for hydroxylation is 1. The van der Waals surface area contributed by atoms with Crippen molar-refractivity contribution >= 4 is 12.1 Å². The first-order valence-electron chi connectivity index (χ1n) is 10.3. The van der Waals surface area contributed by atoms with E-state index in [4.69, 9.17) is 0 Å². The van der Waals surface area contributed by atoms with E-state index in [1.54, 1.807) is 6.20 Å². The molecule has 30 heavy (non-hydrogen) atoms. The van der Waals surface area contributed by atoms with Gasteiger partial charge in [0.15, 0.2) is 0 Å². The van der Waals surface area contributed by atoms with Crippen molar-refractivity contribution in [1.29, 1.82) is 0 Å². The Hall–Kier alpha value is -2.38. The third-order valence-corrected chi connectivity index (χ3v) is 7.04. The Labute approximate surface area is 174 Å². The van der Waals surface area contributed by atoms with E-state index < -0.39 is 23.3 Å². The molecule has 8 heteroatoms. The number of amides is 1. The van der Waals surface area contributed by atoms with E-state index in [1.165, 1.54) is 6.08 Å². The van der Waals surface area contributed by atoms with Crippen molar-refractivity contribution in [2.75, 3.05) is 6.54 Å². The van der Waals surface area contributed by atoms with Crippen LogP contribution in [0.25, 0.3) is 0 Å². The summed E-state index contributed by atoms with van der Waals surface area (Å²) >= 11 is 0. The van der Waals surface area contributed by atoms with Gasteiger partial charge in [-0.1, -0.05) is 13.0 Å². The smallest absolute Gasteiger partial charge is 0.333 e. The molecular formula is C22H27F3N4O. The van der Waals surface area contributed by atoms with Crippen LogP contribution in [0.4, 0.5) is 13.2 Å². The van der Waals surface area contributed by atoms with E-state index in [0.717, 1.165) is 11.3 Å². The maximum Gasteiger partial charge on any atom is 0.412 e. The molecule has 1 saturated heterocycles. The van der Waals surface area contributed by atoms with E-state index in [1.807, 2.05) is 56.0 Å². The molecule has 0 bridgehead atoms. The van der Waals surface area contributed by atoms with Gasteiger partial charge in [-0.05, 0) is 57.2 Å². The largest absolute Gasteiger partial charge is 0.412 e. The first kappa shape index (κ1) is 20.9. The highest BCUT2D eigenvalue weighted by Crippen LogP contribution is 2.45. The lowest BCUT2D eigenvalue weighted by Crippen LogP contribution is -2.66. The number of hydrogen-bond donors (Lipinski definition) is 0. The molecule has 3 aliphatic rings. The number of allylic oxidation sites excluding steroid dienone is 1. The second kappa shape index (κ2) is 7.10. The van der Waals surface area contributed by atoms with Crippen molar-refractivity contribution in [3.63, 3.8) is 0 Å². The van der Waals surface area contributed by atoms with Gasteiger partial charge in [0, 0.05) is 35.8 Å². The summed E-state index contributed by atoms with van der Waals surface area (Å²) in [5, 5.41) is 6.38. The van der Waals surface area contributed by atoms with Crippen molar-refractivity contribution in [3.05, 3.63) is 41.2 Å². The van der Waals surface area contributed by atoms with Crippen LogP contribution in [0.15, 0.2) is 35.1 Å². The number of fused-ring (bicyclic) bond motifs is 1. The van der Waals surface area contributed by atoms with Crippen LogP contribution in [0, 0.1) is 12.8 Å². The topological polar surface area (TPSA) is 48.8 Å². The normalized spacial score (nSPS) is 34.2. The standard InChI is InChI=1S/C22H27F3N4O/c1-13-9-17(22(23,24)25)5-7-21(13,4)28-12-15(3)29-19(20(28)30)18(11-27-29)16-6-8-26-14(2)10-16/h5-6,8,10-11,13,15,18-19H,7,9,12H2,1-4H3/t13?,15-,18?,19?,21?/m0/s1. The fraction of sp³-hybridized carbons (Fsp3) is 0.591. The Balaban J connectivity index is 1.65. The monoisotopic (exact) mass is 420 g/mol. The maximum absolute atomic E-state index is 13.7. The van der Waals surface area contributed by atoms with E-state index in [2.05, 4.69) is 10.1 Å². The minimum absolute atomic E-state index is 0.0195. The molecular weight excluding hydrogens is 393 g/mol. The summed E-state index contributed by atoms with van der Waals surface area (Å²) in [7, 11) is 0. The zero-order chi connectivity index (χ0) is 21.8. The highest BCUT2D eigenvalue weighted by Gasteiger charge is 2.53. The van der Waals surface area contributed by atoms with Gasteiger partial charge in [0.05, 0.1) is 12.0 Å². The van der Waals surface area contributed by atoms with Crippen molar-refractivity contribution in [3.8, 4) is 0 Å². The molecule has 2 aliphatic heterocycles. The van der Waals surface area contributed by atoms with E-state index in [0.29, 0.717) is 6.54 Å². The van der Waals surface area contributed by atoms with Gasteiger partial charge in [0.1, 0.15) is 6.04 Å². The second-order valence-electron chi connectivity index (χ2n) is 9.04. The molecule has 1 fully saturated rings. The summed E-state index contributed by atoms with van der Waals surface area (Å²) in [5.41, 5.74) is 0.696. The second-order valence-corrected chi connectivity index (χ2v) is 9.04. The van der Waals surface area contributed by atoms with Crippen LogP contribution in [0.2, 0.25) is 0 Å². The zero-order valence-electron chi connectivity index (χ0n) is 17.6. The number of halogens is 3. The molecule has 1 aromatic rings. The first-order chi connectivity index (χ1) is 14.0.